The Hall–Kier alpha value is -1.16. The van der Waals surface area contributed by atoms with Crippen molar-refractivity contribution in [3.05, 3.63) is 18.0 Å². The number of aromatic nitrogens is 2. The molecular formula is C16H30N4. The largest absolute Gasteiger partial charge is 0.341 e. The molecule has 0 amide bonds. The van der Waals surface area contributed by atoms with Crippen molar-refractivity contribution in [1.82, 2.24) is 15.3 Å². The van der Waals surface area contributed by atoms with E-state index in [0.717, 1.165) is 31.0 Å². The van der Waals surface area contributed by atoms with Gasteiger partial charge in [0.2, 0.25) is 5.95 Å². The van der Waals surface area contributed by atoms with Gasteiger partial charge in [-0.3, -0.25) is 0 Å². The van der Waals surface area contributed by atoms with Crippen LogP contribution in [0.15, 0.2) is 12.4 Å². The molecule has 0 bridgehead atoms. The standard InChI is InChI=1S/C16H30N4/c1-12(2)7-14(5)20(6)16-18-10-15(11-19-16)9-17-8-13(3)4/h10-14,17H,7-9H2,1-6H3. The second-order valence-electron chi connectivity index (χ2n) is 6.51. The Labute approximate surface area is 124 Å². The molecule has 0 aromatic carbocycles. The summed E-state index contributed by atoms with van der Waals surface area (Å²) in [5, 5.41) is 3.41. The summed E-state index contributed by atoms with van der Waals surface area (Å²) in [7, 11) is 2.07. The van der Waals surface area contributed by atoms with E-state index in [0.29, 0.717) is 17.9 Å². The molecule has 0 aliphatic rings. The Kier molecular flexibility index (Phi) is 6.93. The summed E-state index contributed by atoms with van der Waals surface area (Å²) in [4.78, 5) is 11.1. The first-order valence-corrected chi connectivity index (χ1v) is 7.64. The molecule has 1 N–H and O–H groups in total. The second kappa shape index (κ2) is 8.20. The van der Waals surface area contributed by atoms with Gasteiger partial charge < -0.3 is 10.2 Å². The lowest BCUT2D eigenvalue weighted by atomic mass is 10.0. The molecule has 20 heavy (non-hydrogen) atoms. The maximum Gasteiger partial charge on any atom is 0.225 e. The van der Waals surface area contributed by atoms with E-state index in [2.05, 4.69) is 61.9 Å². The van der Waals surface area contributed by atoms with Crippen LogP contribution in [-0.4, -0.2) is 29.6 Å². The molecule has 0 aliphatic carbocycles. The summed E-state index contributed by atoms with van der Waals surface area (Å²) >= 11 is 0. The first kappa shape index (κ1) is 16.9. The molecule has 1 atom stereocenters. The Morgan fingerprint density at radius 2 is 1.65 bits per heavy atom. The number of hydrogen-bond acceptors (Lipinski definition) is 4. The number of hydrogen-bond donors (Lipinski definition) is 1. The van der Waals surface area contributed by atoms with Crippen molar-refractivity contribution in [2.75, 3.05) is 18.5 Å². The highest BCUT2D eigenvalue weighted by molar-refractivity contribution is 5.29. The van der Waals surface area contributed by atoms with Crippen molar-refractivity contribution < 1.29 is 0 Å². The Morgan fingerprint density at radius 3 is 2.15 bits per heavy atom. The van der Waals surface area contributed by atoms with E-state index in [9.17, 15) is 0 Å². The first-order valence-electron chi connectivity index (χ1n) is 7.64. The van der Waals surface area contributed by atoms with Crippen molar-refractivity contribution in [3.63, 3.8) is 0 Å². The predicted molar refractivity (Wildman–Crippen MR) is 85.9 cm³/mol. The van der Waals surface area contributed by atoms with Crippen molar-refractivity contribution in [3.8, 4) is 0 Å². The topological polar surface area (TPSA) is 41.1 Å². The normalized spacial score (nSPS) is 13.0. The Balaban J connectivity index is 2.52. The van der Waals surface area contributed by atoms with Gasteiger partial charge in [-0.2, -0.15) is 0 Å². The van der Waals surface area contributed by atoms with Gasteiger partial charge in [-0.1, -0.05) is 27.7 Å². The predicted octanol–water partition coefficient (Wildman–Crippen LogP) is 3.09. The van der Waals surface area contributed by atoms with Crippen LogP contribution in [-0.2, 0) is 6.54 Å². The van der Waals surface area contributed by atoms with Crippen molar-refractivity contribution in [2.45, 2.75) is 53.6 Å². The smallest absolute Gasteiger partial charge is 0.225 e. The number of nitrogens with zero attached hydrogens (tertiary/aromatic N) is 3. The molecule has 4 heteroatoms. The first-order chi connectivity index (χ1) is 9.40. The van der Waals surface area contributed by atoms with E-state index in [-0.39, 0.29) is 0 Å². The molecule has 1 rings (SSSR count). The fourth-order valence-electron chi connectivity index (χ4n) is 2.16. The van der Waals surface area contributed by atoms with Crippen LogP contribution in [0.1, 0.15) is 46.6 Å². The maximum absolute atomic E-state index is 4.48. The molecular weight excluding hydrogens is 248 g/mol. The minimum absolute atomic E-state index is 0.458. The molecule has 1 aromatic rings. The van der Waals surface area contributed by atoms with Gasteiger partial charge in [0.05, 0.1) is 0 Å². The van der Waals surface area contributed by atoms with Gasteiger partial charge in [0.25, 0.3) is 0 Å². The van der Waals surface area contributed by atoms with Crippen LogP contribution in [0.3, 0.4) is 0 Å². The average molecular weight is 278 g/mol. The second-order valence-corrected chi connectivity index (χ2v) is 6.51. The minimum Gasteiger partial charge on any atom is -0.341 e. The van der Waals surface area contributed by atoms with Crippen molar-refractivity contribution in [1.29, 1.82) is 0 Å². The number of nitrogens with one attached hydrogen (secondary N) is 1. The van der Waals surface area contributed by atoms with Crippen molar-refractivity contribution >= 4 is 5.95 Å². The van der Waals surface area contributed by atoms with Crippen LogP contribution >= 0.6 is 0 Å². The summed E-state index contributed by atoms with van der Waals surface area (Å²) in [6.45, 7) is 13.0. The maximum atomic E-state index is 4.48. The Bertz CT molecular complexity index is 373. The van der Waals surface area contributed by atoms with Crippen LogP contribution in [0.5, 0.6) is 0 Å². The highest BCUT2D eigenvalue weighted by Crippen LogP contribution is 2.14. The molecule has 1 unspecified atom stereocenters. The zero-order valence-corrected chi connectivity index (χ0v) is 13.8. The third-order valence-corrected chi connectivity index (χ3v) is 3.36. The third kappa shape index (κ3) is 5.87. The molecule has 0 radical (unpaired) electrons. The fraction of sp³-hybridized carbons (Fsp3) is 0.750. The molecule has 0 fully saturated rings. The van der Waals surface area contributed by atoms with E-state index in [1.54, 1.807) is 0 Å². The average Bonchev–Trinajstić information content (AvgIpc) is 2.37. The van der Waals surface area contributed by atoms with Gasteiger partial charge in [0, 0.05) is 37.6 Å². The number of rotatable bonds is 8. The summed E-state index contributed by atoms with van der Waals surface area (Å²) in [5.41, 5.74) is 1.14. The monoisotopic (exact) mass is 278 g/mol. The molecule has 114 valence electrons. The van der Waals surface area contributed by atoms with Gasteiger partial charge in [-0.15, -0.1) is 0 Å². The number of anilines is 1. The lowest BCUT2D eigenvalue weighted by Gasteiger charge is -2.26. The molecule has 1 aromatic heterocycles. The highest BCUT2D eigenvalue weighted by atomic mass is 15.2. The van der Waals surface area contributed by atoms with Gasteiger partial charge in [0.1, 0.15) is 0 Å². The van der Waals surface area contributed by atoms with E-state index < -0.39 is 0 Å². The van der Waals surface area contributed by atoms with E-state index in [1.807, 2.05) is 12.4 Å². The SMILES string of the molecule is CC(C)CNCc1cnc(N(C)C(C)CC(C)C)nc1. The van der Waals surface area contributed by atoms with E-state index in [4.69, 9.17) is 0 Å². The zero-order valence-electron chi connectivity index (χ0n) is 13.8. The summed E-state index contributed by atoms with van der Waals surface area (Å²) in [6.07, 6.45) is 5.00. The van der Waals surface area contributed by atoms with Gasteiger partial charge in [-0.25, -0.2) is 9.97 Å². The molecule has 4 nitrogen and oxygen atoms in total. The van der Waals surface area contributed by atoms with Crippen LogP contribution in [0.4, 0.5) is 5.95 Å². The van der Waals surface area contributed by atoms with E-state index >= 15 is 0 Å². The fourth-order valence-corrected chi connectivity index (χ4v) is 2.16. The van der Waals surface area contributed by atoms with Crippen LogP contribution in [0.25, 0.3) is 0 Å². The zero-order chi connectivity index (χ0) is 15.1. The van der Waals surface area contributed by atoms with Gasteiger partial charge in [-0.05, 0) is 31.7 Å². The minimum atomic E-state index is 0.458. The Morgan fingerprint density at radius 1 is 1.05 bits per heavy atom. The van der Waals surface area contributed by atoms with Crippen LogP contribution in [0, 0.1) is 11.8 Å². The molecule has 0 saturated carbocycles. The lowest BCUT2D eigenvalue weighted by molar-refractivity contribution is 0.499. The summed E-state index contributed by atoms with van der Waals surface area (Å²) in [6, 6.07) is 0.458. The van der Waals surface area contributed by atoms with Crippen LogP contribution < -0.4 is 10.2 Å². The van der Waals surface area contributed by atoms with Crippen molar-refractivity contribution in [2.24, 2.45) is 11.8 Å². The molecule has 1 heterocycles. The van der Waals surface area contributed by atoms with E-state index in [1.165, 1.54) is 0 Å². The molecule has 0 spiro atoms. The van der Waals surface area contributed by atoms with Crippen LogP contribution in [0.2, 0.25) is 0 Å². The highest BCUT2D eigenvalue weighted by Gasteiger charge is 2.13. The molecule has 0 aliphatic heterocycles. The van der Waals surface area contributed by atoms with Gasteiger partial charge >= 0.3 is 0 Å². The molecule has 0 saturated heterocycles. The summed E-state index contributed by atoms with van der Waals surface area (Å²) in [5.74, 6) is 2.16. The van der Waals surface area contributed by atoms with Gasteiger partial charge in [0.15, 0.2) is 0 Å². The third-order valence-electron chi connectivity index (χ3n) is 3.36. The lowest BCUT2D eigenvalue weighted by Crippen LogP contribution is -2.31. The summed E-state index contributed by atoms with van der Waals surface area (Å²) < 4.78 is 0. The quantitative estimate of drug-likeness (QED) is 0.793.